The van der Waals surface area contributed by atoms with Crippen molar-refractivity contribution in [2.75, 3.05) is 13.2 Å². The molecule has 7 heteroatoms. The first-order valence-corrected chi connectivity index (χ1v) is 12.1. The van der Waals surface area contributed by atoms with Crippen LogP contribution in [0.4, 0.5) is 0 Å². The number of esters is 1. The van der Waals surface area contributed by atoms with Gasteiger partial charge in [-0.05, 0) is 68.8 Å². The van der Waals surface area contributed by atoms with E-state index in [1.54, 1.807) is 0 Å². The van der Waals surface area contributed by atoms with Crippen LogP contribution in [0.5, 0.6) is 0 Å². The first kappa shape index (κ1) is 27.5. The van der Waals surface area contributed by atoms with Crippen LogP contribution >= 0.6 is 0 Å². The van der Waals surface area contributed by atoms with Gasteiger partial charge in [-0.2, -0.15) is 0 Å². The van der Waals surface area contributed by atoms with Crippen LogP contribution in [-0.2, 0) is 16.0 Å². The Hall–Kier alpha value is -1.77. The minimum atomic E-state index is -0.864. The lowest BCUT2D eigenvalue weighted by Gasteiger charge is -2.23. The highest BCUT2D eigenvalue weighted by Crippen LogP contribution is 2.38. The summed E-state index contributed by atoms with van der Waals surface area (Å²) in [4.78, 5) is 11.6. The Morgan fingerprint density at radius 1 is 1.03 bits per heavy atom. The topological polar surface area (TPSA) is 127 Å². The monoisotopic (exact) mass is 464 g/mol. The van der Waals surface area contributed by atoms with Crippen molar-refractivity contribution in [3.05, 3.63) is 48.0 Å². The summed E-state index contributed by atoms with van der Waals surface area (Å²) in [6, 6.07) is 10.1. The van der Waals surface area contributed by atoms with Gasteiger partial charge in [0, 0.05) is 6.42 Å². The molecule has 0 bridgehead atoms. The predicted molar refractivity (Wildman–Crippen MR) is 125 cm³/mol. The summed E-state index contributed by atoms with van der Waals surface area (Å²) in [6.07, 6.45) is 6.80. The quantitative estimate of drug-likeness (QED) is 0.153. The lowest BCUT2D eigenvalue weighted by Crippen LogP contribution is -2.25. The number of ether oxygens (including phenoxy) is 1. The molecule has 5 atom stereocenters. The zero-order valence-corrected chi connectivity index (χ0v) is 19.3. The number of allylic oxidation sites excluding steroid dienone is 2. The number of unbranched alkanes of at least 4 members (excludes halogenated alkanes) is 1. The zero-order chi connectivity index (χ0) is 24.1. The number of aryl methyl sites for hydroxylation is 1. The molecule has 1 saturated carbocycles. The Labute approximate surface area is 196 Å². The largest absolute Gasteiger partial charge is 0.457 e. The Morgan fingerprint density at radius 3 is 2.42 bits per heavy atom. The Bertz CT molecular complexity index is 689. The van der Waals surface area contributed by atoms with Gasteiger partial charge in [0.15, 0.2) is 0 Å². The highest BCUT2D eigenvalue weighted by molar-refractivity contribution is 5.69. The van der Waals surface area contributed by atoms with E-state index in [9.17, 15) is 20.1 Å². The average molecular weight is 465 g/mol. The molecule has 1 aromatic carbocycles. The first-order chi connectivity index (χ1) is 15.9. The third-order valence-electron chi connectivity index (χ3n) is 6.50. The van der Waals surface area contributed by atoms with Gasteiger partial charge in [-0.15, -0.1) is 0 Å². The van der Waals surface area contributed by atoms with Gasteiger partial charge < -0.3 is 30.3 Å². The van der Waals surface area contributed by atoms with Crippen molar-refractivity contribution < 1.29 is 35.1 Å². The Morgan fingerprint density at radius 2 is 1.73 bits per heavy atom. The molecule has 0 amide bonds. The van der Waals surface area contributed by atoms with E-state index in [2.05, 4.69) is 12.1 Å². The molecule has 0 saturated heterocycles. The van der Waals surface area contributed by atoms with Crippen molar-refractivity contribution in [2.24, 2.45) is 11.8 Å². The molecule has 0 heterocycles. The van der Waals surface area contributed by atoms with E-state index in [0.717, 1.165) is 6.42 Å². The highest BCUT2D eigenvalue weighted by Gasteiger charge is 2.40. The summed E-state index contributed by atoms with van der Waals surface area (Å²) in [6.45, 7) is -0.800. The molecule has 1 fully saturated rings. The van der Waals surface area contributed by atoms with E-state index >= 15 is 0 Å². The molecule has 1 aromatic rings. The molecule has 0 radical (unpaired) electrons. The fourth-order valence-corrected chi connectivity index (χ4v) is 4.53. The highest BCUT2D eigenvalue weighted by atomic mass is 16.6. The summed E-state index contributed by atoms with van der Waals surface area (Å²) in [5.74, 6) is -0.533. The van der Waals surface area contributed by atoms with Gasteiger partial charge in [-0.3, -0.25) is 4.79 Å². The van der Waals surface area contributed by atoms with Gasteiger partial charge in [0.25, 0.3) is 0 Å². The van der Waals surface area contributed by atoms with Crippen LogP contribution < -0.4 is 0 Å². The molecule has 1 aliphatic carbocycles. The smallest absolute Gasteiger partial charge is 0.306 e. The van der Waals surface area contributed by atoms with E-state index < -0.39 is 43.6 Å². The maximum Gasteiger partial charge on any atom is 0.306 e. The standard InChI is InChI=1S/C26H40O7/c27-17-21(18-28)33-26(32)11-7-2-1-6-10-22-23(25(31)16-24(22)30)15-14-20(29)13-12-19-8-4-3-5-9-19/h1,3-6,8-9,20-25,27-31H,2,7,10-18H2/t20-,22+,23+,24+,25+/m0/s1. The Kier molecular flexibility index (Phi) is 12.6. The summed E-state index contributed by atoms with van der Waals surface area (Å²) < 4.78 is 4.92. The Balaban J connectivity index is 1.69. The van der Waals surface area contributed by atoms with E-state index in [1.807, 2.05) is 30.4 Å². The number of aliphatic hydroxyl groups excluding tert-OH is 5. The molecule has 2 rings (SSSR count). The normalized spacial score (nSPS) is 23.9. The average Bonchev–Trinajstić information content (AvgIpc) is 3.09. The van der Waals surface area contributed by atoms with Gasteiger partial charge >= 0.3 is 5.97 Å². The summed E-state index contributed by atoms with van der Waals surface area (Å²) in [7, 11) is 0. The molecule has 1 aliphatic rings. The van der Waals surface area contributed by atoms with E-state index in [-0.39, 0.29) is 18.3 Å². The van der Waals surface area contributed by atoms with Crippen LogP contribution in [-0.4, -0.2) is 69.1 Å². The number of aliphatic hydroxyl groups is 5. The van der Waals surface area contributed by atoms with E-state index in [1.165, 1.54) is 5.56 Å². The van der Waals surface area contributed by atoms with Crippen LogP contribution in [0, 0.1) is 11.8 Å². The minimum Gasteiger partial charge on any atom is -0.457 e. The lowest BCUT2D eigenvalue weighted by molar-refractivity contribution is -0.153. The first-order valence-electron chi connectivity index (χ1n) is 12.1. The molecular weight excluding hydrogens is 424 g/mol. The lowest BCUT2D eigenvalue weighted by atomic mass is 9.85. The van der Waals surface area contributed by atoms with Crippen LogP contribution in [0.2, 0.25) is 0 Å². The molecule has 33 heavy (non-hydrogen) atoms. The number of hydrogen-bond acceptors (Lipinski definition) is 7. The van der Waals surface area contributed by atoms with Crippen LogP contribution in [0.15, 0.2) is 42.5 Å². The number of rotatable bonds is 15. The van der Waals surface area contributed by atoms with Crippen molar-refractivity contribution in [1.29, 1.82) is 0 Å². The van der Waals surface area contributed by atoms with Crippen molar-refractivity contribution in [3.63, 3.8) is 0 Å². The van der Waals surface area contributed by atoms with Crippen LogP contribution in [0.3, 0.4) is 0 Å². The number of benzene rings is 1. The molecule has 0 spiro atoms. The third-order valence-corrected chi connectivity index (χ3v) is 6.50. The van der Waals surface area contributed by atoms with Crippen LogP contribution in [0.1, 0.15) is 56.9 Å². The molecule has 0 unspecified atom stereocenters. The van der Waals surface area contributed by atoms with Crippen molar-refractivity contribution in [3.8, 4) is 0 Å². The van der Waals surface area contributed by atoms with E-state index in [0.29, 0.717) is 44.9 Å². The van der Waals surface area contributed by atoms with Crippen molar-refractivity contribution >= 4 is 5.97 Å². The minimum absolute atomic E-state index is 0.0418. The SMILES string of the molecule is O=C(CCCC=CC[C@@H]1[C@@H](CC[C@@H](O)CCc2ccccc2)[C@H](O)C[C@H]1O)OC(CO)CO. The van der Waals surface area contributed by atoms with Gasteiger partial charge in [-0.1, -0.05) is 42.5 Å². The maximum absolute atomic E-state index is 11.6. The number of carbonyl (C=O) groups is 1. The number of carbonyl (C=O) groups excluding carboxylic acids is 1. The van der Waals surface area contributed by atoms with Crippen molar-refractivity contribution in [2.45, 2.75) is 82.2 Å². The van der Waals surface area contributed by atoms with Gasteiger partial charge in [0.05, 0.1) is 31.5 Å². The molecule has 0 aromatic heterocycles. The second-order valence-electron chi connectivity index (χ2n) is 9.03. The predicted octanol–water partition coefficient (Wildman–Crippen LogP) is 2.13. The van der Waals surface area contributed by atoms with Gasteiger partial charge in [-0.25, -0.2) is 0 Å². The molecule has 186 valence electrons. The second-order valence-corrected chi connectivity index (χ2v) is 9.03. The molecule has 5 N–H and O–H groups in total. The zero-order valence-electron chi connectivity index (χ0n) is 19.3. The summed E-state index contributed by atoms with van der Waals surface area (Å²) >= 11 is 0. The molecular formula is C26H40O7. The summed E-state index contributed by atoms with van der Waals surface area (Å²) in [5, 5.41) is 49.0. The van der Waals surface area contributed by atoms with Crippen LogP contribution in [0.25, 0.3) is 0 Å². The molecule has 7 nitrogen and oxygen atoms in total. The number of hydrogen-bond donors (Lipinski definition) is 5. The fraction of sp³-hybridized carbons (Fsp3) is 0.654. The van der Waals surface area contributed by atoms with E-state index in [4.69, 9.17) is 14.9 Å². The molecule has 0 aliphatic heterocycles. The van der Waals surface area contributed by atoms with Crippen molar-refractivity contribution in [1.82, 2.24) is 0 Å². The van der Waals surface area contributed by atoms with Gasteiger partial charge in [0.2, 0.25) is 0 Å². The van der Waals surface area contributed by atoms with Gasteiger partial charge in [0.1, 0.15) is 6.10 Å². The second kappa shape index (κ2) is 15.2. The third kappa shape index (κ3) is 9.94. The maximum atomic E-state index is 11.6. The fourth-order valence-electron chi connectivity index (χ4n) is 4.53. The summed E-state index contributed by atoms with van der Waals surface area (Å²) in [5.41, 5.74) is 1.20.